The molecule has 0 aromatic heterocycles. The molecule has 0 heterocycles. The van der Waals surface area contributed by atoms with Crippen molar-refractivity contribution in [1.82, 2.24) is 0 Å². The Bertz CT molecular complexity index is 1060. The van der Waals surface area contributed by atoms with Crippen molar-refractivity contribution in [3.8, 4) is 11.5 Å². The molecule has 3 aromatic rings. The van der Waals surface area contributed by atoms with Crippen LogP contribution in [-0.2, 0) is 4.79 Å². The second-order valence-corrected chi connectivity index (χ2v) is 7.59. The maximum atomic E-state index is 12.9. The van der Waals surface area contributed by atoms with E-state index in [9.17, 15) is 18.0 Å². The summed E-state index contributed by atoms with van der Waals surface area (Å²) in [6, 6.07) is 22.1. The fourth-order valence-corrected chi connectivity index (χ4v) is 3.67. The number of halogens is 3. The van der Waals surface area contributed by atoms with Crippen LogP contribution in [0.15, 0.2) is 89.8 Å². The monoisotopic (exact) mass is 460 g/mol. The van der Waals surface area contributed by atoms with Crippen LogP contribution in [0.2, 0.25) is 0 Å². The number of ether oxygens (including phenoxy) is 2. The molecule has 0 radical (unpaired) electrons. The number of aliphatic carboxylic acids is 1. The predicted molar refractivity (Wildman–Crippen MR) is 117 cm³/mol. The van der Waals surface area contributed by atoms with Crippen molar-refractivity contribution in [2.45, 2.75) is 11.3 Å². The molecule has 3 aromatic carbocycles. The smallest absolute Gasteiger partial charge is 0.482 e. The van der Waals surface area contributed by atoms with Crippen LogP contribution < -0.4 is 9.47 Å². The lowest BCUT2D eigenvalue weighted by Gasteiger charge is -2.16. The van der Waals surface area contributed by atoms with E-state index in [0.29, 0.717) is 22.6 Å². The van der Waals surface area contributed by atoms with E-state index in [1.165, 1.54) is 23.9 Å². The van der Waals surface area contributed by atoms with Crippen LogP contribution in [-0.4, -0.2) is 29.8 Å². The molecule has 1 N–H and O–H groups in total. The Morgan fingerprint density at radius 3 is 2.25 bits per heavy atom. The lowest BCUT2D eigenvalue weighted by Crippen LogP contribution is -2.18. The lowest BCUT2D eigenvalue weighted by atomic mass is 9.97. The molecular formula is C24H19F3O4S. The number of carboxylic acids is 1. The molecule has 0 bridgehead atoms. The minimum absolute atomic E-state index is 0.264. The van der Waals surface area contributed by atoms with Crippen molar-refractivity contribution in [1.29, 1.82) is 0 Å². The molecule has 0 fully saturated rings. The van der Waals surface area contributed by atoms with Gasteiger partial charge in [-0.3, -0.25) is 0 Å². The Kier molecular flexibility index (Phi) is 7.83. The molecule has 0 amide bonds. The highest BCUT2D eigenvalue weighted by Gasteiger charge is 2.32. The van der Waals surface area contributed by atoms with Gasteiger partial charge in [0.25, 0.3) is 0 Å². The Hall–Kier alpha value is -3.39. The summed E-state index contributed by atoms with van der Waals surface area (Å²) in [5.74, 6) is -0.396. The first-order valence-corrected chi connectivity index (χ1v) is 10.5. The molecule has 4 nitrogen and oxygen atoms in total. The zero-order valence-electron chi connectivity index (χ0n) is 16.7. The van der Waals surface area contributed by atoms with Gasteiger partial charge >= 0.3 is 12.3 Å². The second-order valence-electron chi connectivity index (χ2n) is 6.49. The van der Waals surface area contributed by atoms with Gasteiger partial charge in [-0.1, -0.05) is 54.6 Å². The molecule has 0 spiro atoms. The standard InChI is InChI=1S/C24H19F3O4S/c25-24(26,27)31-22-9-5-4-8-21(22)20(17-6-2-1-3-7-17)14-15-32-19-12-10-18(11-13-19)30-16-23(28)29/h1-14H,15-16H2,(H,28,29)/b20-14-. The van der Waals surface area contributed by atoms with Crippen LogP contribution in [0, 0.1) is 0 Å². The van der Waals surface area contributed by atoms with Crippen LogP contribution in [0.25, 0.3) is 5.57 Å². The van der Waals surface area contributed by atoms with E-state index in [1.807, 2.05) is 36.4 Å². The largest absolute Gasteiger partial charge is 0.573 e. The van der Waals surface area contributed by atoms with Gasteiger partial charge in [0.05, 0.1) is 0 Å². The summed E-state index contributed by atoms with van der Waals surface area (Å²) < 4.78 is 48.1. The van der Waals surface area contributed by atoms with Gasteiger partial charge in [0.15, 0.2) is 6.61 Å². The molecule has 0 atom stereocenters. The first-order valence-electron chi connectivity index (χ1n) is 9.50. The van der Waals surface area contributed by atoms with E-state index in [1.54, 1.807) is 36.4 Å². The topological polar surface area (TPSA) is 55.8 Å². The van der Waals surface area contributed by atoms with E-state index >= 15 is 0 Å². The zero-order chi connectivity index (χ0) is 23.0. The van der Waals surface area contributed by atoms with Gasteiger partial charge < -0.3 is 14.6 Å². The van der Waals surface area contributed by atoms with Gasteiger partial charge in [-0.25, -0.2) is 4.79 Å². The van der Waals surface area contributed by atoms with Gasteiger partial charge in [0.1, 0.15) is 11.5 Å². The van der Waals surface area contributed by atoms with E-state index in [2.05, 4.69) is 4.74 Å². The van der Waals surface area contributed by atoms with Gasteiger partial charge in [-0.15, -0.1) is 24.9 Å². The average molecular weight is 460 g/mol. The first-order chi connectivity index (χ1) is 15.3. The second kappa shape index (κ2) is 10.8. The van der Waals surface area contributed by atoms with Crippen molar-refractivity contribution in [2.24, 2.45) is 0 Å². The number of benzene rings is 3. The minimum atomic E-state index is -4.79. The summed E-state index contributed by atoms with van der Waals surface area (Å²) >= 11 is 1.48. The van der Waals surface area contributed by atoms with Crippen LogP contribution in [0.3, 0.4) is 0 Å². The normalized spacial score (nSPS) is 11.8. The Morgan fingerprint density at radius 2 is 1.59 bits per heavy atom. The molecule has 0 aliphatic carbocycles. The number of para-hydroxylation sites is 1. The maximum absolute atomic E-state index is 12.9. The summed E-state index contributed by atoms with van der Waals surface area (Å²) in [5, 5.41) is 8.66. The average Bonchev–Trinajstić information content (AvgIpc) is 2.76. The summed E-state index contributed by atoms with van der Waals surface area (Å²) in [4.78, 5) is 11.5. The summed E-state index contributed by atoms with van der Waals surface area (Å²) in [6.45, 7) is -0.422. The van der Waals surface area contributed by atoms with Crippen molar-refractivity contribution >= 4 is 23.3 Å². The molecule has 0 saturated heterocycles. The highest BCUT2D eigenvalue weighted by Crippen LogP contribution is 2.35. The quantitative estimate of drug-likeness (QED) is 0.381. The fraction of sp³-hybridized carbons (Fsp3) is 0.125. The van der Waals surface area contributed by atoms with E-state index in [4.69, 9.17) is 9.84 Å². The highest BCUT2D eigenvalue weighted by molar-refractivity contribution is 7.99. The molecule has 0 saturated carbocycles. The third kappa shape index (κ3) is 7.09. The molecule has 3 rings (SSSR count). The number of hydrogen-bond donors (Lipinski definition) is 1. The predicted octanol–water partition coefficient (Wildman–Crippen LogP) is 6.27. The van der Waals surface area contributed by atoms with E-state index in [0.717, 1.165) is 10.5 Å². The van der Waals surface area contributed by atoms with Gasteiger partial charge in [0.2, 0.25) is 0 Å². The molecule has 8 heteroatoms. The number of hydrogen-bond acceptors (Lipinski definition) is 4. The molecule has 0 unspecified atom stereocenters. The number of thioether (sulfide) groups is 1. The van der Waals surface area contributed by atoms with Crippen molar-refractivity contribution in [3.63, 3.8) is 0 Å². The van der Waals surface area contributed by atoms with Crippen molar-refractivity contribution in [3.05, 3.63) is 96.1 Å². The summed E-state index contributed by atoms with van der Waals surface area (Å²) in [6.07, 6.45) is -2.94. The van der Waals surface area contributed by atoms with E-state index < -0.39 is 18.9 Å². The Morgan fingerprint density at radius 1 is 0.938 bits per heavy atom. The van der Waals surface area contributed by atoms with Crippen molar-refractivity contribution in [2.75, 3.05) is 12.4 Å². The number of rotatable bonds is 9. The van der Waals surface area contributed by atoms with Crippen LogP contribution in [0.4, 0.5) is 13.2 Å². The first kappa shape index (κ1) is 23.3. The Balaban J connectivity index is 1.81. The van der Waals surface area contributed by atoms with Crippen molar-refractivity contribution < 1.29 is 32.5 Å². The molecule has 0 aliphatic rings. The van der Waals surface area contributed by atoms with Gasteiger partial charge in [-0.2, -0.15) is 0 Å². The maximum Gasteiger partial charge on any atom is 0.573 e. The SMILES string of the molecule is O=C(O)COc1ccc(SC/C=C(/c2ccccc2)c2ccccc2OC(F)(F)F)cc1. The van der Waals surface area contributed by atoms with Crippen LogP contribution >= 0.6 is 11.8 Å². The van der Waals surface area contributed by atoms with Crippen LogP contribution in [0.1, 0.15) is 11.1 Å². The van der Waals surface area contributed by atoms with Gasteiger partial charge in [-0.05, 0) is 41.5 Å². The number of alkyl halides is 3. The molecule has 166 valence electrons. The van der Waals surface area contributed by atoms with Crippen LogP contribution in [0.5, 0.6) is 11.5 Å². The zero-order valence-corrected chi connectivity index (χ0v) is 17.5. The summed E-state index contributed by atoms with van der Waals surface area (Å²) in [5.41, 5.74) is 1.73. The molecule has 32 heavy (non-hydrogen) atoms. The molecule has 0 aliphatic heterocycles. The van der Waals surface area contributed by atoms with Gasteiger partial charge in [0, 0.05) is 16.2 Å². The highest BCUT2D eigenvalue weighted by atomic mass is 32.2. The lowest BCUT2D eigenvalue weighted by molar-refractivity contribution is -0.274. The third-order valence-electron chi connectivity index (χ3n) is 4.21. The fourth-order valence-electron chi connectivity index (χ4n) is 2.90. The minimum Gasteiger partial charge on any atom is -0.482 e. The molecular weight excluding hydrogens is 441 g/mol. The van der Waals surface area contributed by atoms with E-state index in [-0.39, 0.29) is 5.75 Å². The Labute approximate surface area is 187 Å². The number of carbonyl (C=O) groups is 1. The third-order valence-corrected chi connectivity index (χ3v) is 5.15. The summed E-state index contributed by atoms with van der Waals surface area (Å²) in [7, 11) is 0. The number of carboxylic acid groups (broad SMARTS) is 1.